The monoisotopic (exact) mass is 272 g/mol. The fourth-order valence-electron chi connectivity index (χ4n) is 2.11. The third-order valence-corrected chi connectivity index (χ3v) is 3.03. The molecule has 2 aromatic rings. The number of methoxy groups -OCH3 is 1. The van der Waals surface area contributed by atoms with Crippen molar-refractivity contribution < 1.29 is 9.47 Å². The minimum absolute atomic E-state index is 0.0724. The molecule has 0 N–H and O–H groups in total. The summed E-state index contributed by atoms with van der Waals surface area (Å²) in [6.07, 6.45) is 2.08. The van der Waals surface area contributed by atoms with E-state index in [1.165, 1.54) is 6.07 Å². The van der Waals surface area contributed by atoms with Crippen molar-refractivity contribution in [2.45, 2.75) is 19.9 Å². The molecule has 0 aliphatic heterocycles. The molecule has 0 amide bonds. The summed E-state index contributed by atoms with van der Waals surface area (Å²) in [6, 6.07) is 7.08. The van der Waals surface area contributed by atoms with Crippen LogP contribution in [0.5, 0.6) is 11.5 Å². The van der Waals surface area contributed by atoms with Crippen LogP contribution in [0.1, 0.15) is 13.3 Å². The fraction of sp³-hybridized carbons (Fsp3) is 0.333. The summed E-state index contributed by atoms with van der Waals surface area (Å²) in [4.78, 5) is 12.0. The van der Waals surface area contributed by atoms with Gasteiger partial charge in [0.2, 0.25) is 0 Å². The van der Waals surface area contributed by atoms with Gasteiger partial charge >= 0.3 is 0 Å². The summed E-state index contributed by atoms with van der Waals surface area (Å²) in [6.45, 7) is 2.90. The van der Waals surface area contributed by atoms with E-state index < -0.39 is 0 Å². The van der Waals surface area contributed by atoms with Crippen LogP contribution in [0.25, 0.3) is 10.9 Å². The van der Waals surface area contributed by atoms with Gasteiger partial charge in [0.1, 0.15) is 0 Å². The summed E-state index contributed by atoms with van der Waals surface area (Å²) in [5.41, 5.74) is 0.671. The number of nitriles is 1. The maximum Gasteiger partial charge on any atom is 0.189 e. The van der Waals surface area contributed by atoms with Crippen molar-refractivity contribution in [3.05, 3.63) is 34.6 Å². The number of nitrogens with zero attached hydrogens (tertiary/aromatic N) is 2. The third-order valence-electron chi connectivity index (χ3n) is 3.03. The van der Waals surface area contributed by atoms with E-state index in [-0.39, 0.29) is 5.43 Å². The fourth-order valence-corrected chi connectivity index (χ4v) is 2.11. The normalized spacial score (nSPS) is 10.2. The Kier molecular flexibility index (Phi) is 4.26. The molecule has 0 spiro atoms. The predicted octanol–water partition coefficient (Wildman–Crippen LogP) is 2.32. The quantitative estimate of drug-likeness (QED) is 0.838. The number of ether oxygens (including phenoxy) is 2. The number of hydrogen-bond donors (Lipinski definition) is 0. The van der Waals surface area contributed by atoms with Gasteiger partial charge in [-0.25, -0.2) is 0 Å². The van der Waals surface area contributed by atoms with Gasteiger partial charge in [0, 0.05) is 30.3 Å². The smallest absolute Gasteiger partial charge is 0.189 e. The SMILES string of the molecule is CCOc1cc2c(=O)ccn(CCC#N)c2cc1OC. The van der Waals surface area contributed by atoms with Crippen LogP contribution >= 0.6 is 0 Å². The molecule has 0 atom stereocenters. The van der Waals surface area contributed by atoms with Crippen molar-refractivity contribution >= 4 is 10.9 Å². The second kappa shape index (κ2) is 6.11. The number of aryl methyl sites for hydroxylation is 1. The van der Waals surface area contributed by atoms with E-state index in [9.17, 15) is 4.79 Å². The van der Waals surface area contributed by atoms with Crippen LogP contribution in [0, 0.1) is 11.3 Å². The van der Waals surface area contributed by atoms with Gasteiger partial charge in [-0.1, -0.05) is 0 Å². The summed E-state index contributed by atoms with van der Waals surface area (Å²) < 4.78 is 12.7. The summed E-state index contributed by atoms with van der Waals surface area (Å²) >= 11 is 0. The molecule has 0 aliphatic rings. The van der Waals surface area contributed by atoms with Crippen LogP contribution < -0.4 is 14.9 Å². The van der Waals surface area contributed by atoms with Gasteiger partial charge in [-0.3, -0.25) is 4.79 Å². The minimum atomic E-state index is -0.0724. The molecule has 5 heteroatoms. The Morgan fingerprint density at radius 3 is 2.80 bits per heavy atom. The first-order valence-electron chi connectivity index (χ1n) is 6.42. The van der Waals surface area contributed by atoms with Crippen molar-refractivity contribution in [3.8, 4) is 17.6 Å². The largest absolute Gasteiger partial charge is 0.493 e. The molecule has 0 saturated carbocycles. The number of rotatable bonds is 5. The average Bonchev–Trinajstić information content (AvgIpc) is 2.47. The molecular formula is C15H16N2O3. The van der Waals surface area contributed by atoms with Crippen LogP contribution in [0.4, 0.5) is 0 Å². The van der Waals surface area contributed by atoms with Crippen LogP contribution in [-0.2, 0) is 6.54 Å². The molecular weight excluding hydrogens is 256 g/mol. The van der Waals surface area contributed by atoms with Gasteiger partial charge in [0.15, 0.2) is 16.9 Å². The summed E-state index contributed by atoms with van der Waals surface area (Å²) in [5, 5.41) is 9.26. The second-order valence-corrected chi connectivity index (χ2v) is 4.23. The Balaban J connectivity index is 2.66. The van der Waals surface area contributed by atoms with Crippen molar-refractivity contribution in [2.24, 2.45) is 0 Å². The predicted molar refractivity (Wildman–Crippen MR) is 76.2 cm³/mol. The van der Waals surface area contributed by atoms with E-state index in [0.717, 1.165) is 5.52 Å². The highest BCUT2D eigenvalue weighted by molar-refractivity contribution is 5.83. The molecule has 1 aromatic carbocycles. The first-order valence-corrected chi connectivity index (χ1v) is 6.42. The number of pyridine rings is 1. The maximum atomic E-state index is 12.0. The Hall–Kier alpha value is -2.48. The molecule has 0 unspecified atom stereocenters. The van der Waals surface area contributed by atoms with Gasteiger partial charge in [-0.15, -0.1) is 0 Å². The van der Waals surface area contributed by atoms with Crippen LogP contribution in [-0.4, -0.2) is 18.3 Å². The number of benzene rings is 1. The Morgan fingerprint density at radius 2 is 2.15 bits per heavy atom. The Morgan fingerprint density at radius 1 is 1.35 bits per heavy atom. The van der Waals surface area contributed by atoms with Crippen molar-refractivity contribution in [3.63, 3.8) is 0 Å². The molecule has 0 saturated heterocycles. The van der Waals surface area contributed by atoms with Crippen molar-refractivity contribution in [1.82, 2.24) is 4.57 Å². The molecule has 1 heterocycles. The number of aromatic nitrogens is 1. The van der Waals surface area contributed by atoms with Gasteiger partial charge in [-0.2, -0.15) is 5.26 Å². The van der Waals surface area contributed by atoms with E-state index in [1.807, 2.05) is 11.5 Å². The maximum absolute atomic E-state index is 12.0. The minimum Gasteiger partial charge on any atom is -0.493 e. The van der Waals surface area contributed by atoms with Crippen LogP contribution in [0.15, 0.2) is 29.2 Å². The van der Waals surface area contributed by atoms with E-state index >= 15 is 0 Å². The molecule has 0 radical (unpaired) electrons. The lowest BCUT2D eigenvalue weighted by Gasteiger charge is -2.13. The second-order valence-electron chi connectivity index (χ2n) is 4.23. The van der Waals surface area contributed by atoms with Crippen LogP contribution in [0.2, 0.25) is 0 Å². The number of hydrogen-bond acceptors (Lipinski definition) is 4. The van der Waals surface area contributed by atoms with Gasteiger partial charge < -0.3 is 14.0 Å². The third kappa shape index (κ3) is 2.59. The zero-order valence-electron chi connectivity index (χ0n) is 11.5. The summed E-state index contributed by atoms with van der Waals surface area (Å²) in [5.74, 6) is 1.13. The van der Waals surface area contributed by atoms with Gasteiger partial charge in [-0.05, 0) is 13.0 Å². The van der Waals surface area contributed by atoms with Crippen molar-refractivity contribution in [1.29, 1.82) is 5.26 Å². The molecule has 0 aliphatic carbocycles. The highest BCUT2D eigenvalue weighted by atomic mass is 16.5. The molecule has 20 heavy (non-hydrogen) atoms. The highest BCUT2D eigenvalue weighted by Gasteiger charge is 2.10. The van der Waals surface area contributed by atoms with Crippen LogP contribution in [0.3, 0.4) is 0 Å². The Bertz CT molecular complexity index is 713. The molecule has 104 valence electrons. The standard InChI is InChI=1S/C15H16N2O3/c1-3-20-15-9-11-12(10-14(15)19-2)17(7-4-6-16)8-5-13(11)18/h5,8-10H,3-4,7H2,1-2H3. The molecule has 1 aromatic heterocycles. The number of fused-ring (bicyclic) bond motifs is 1. The van der Waals surface area contributed by atoms with Gasteiger partial charge in [0.25, 0.3) is 0 Å². The van der Waals surface area contributed by atoms with E-state index in [0.29, 0.717) is 36.5 Å². The zero-order chi connectivity index (χ0) is 14.5. The van der Waals surface area contributed by atoms with Gasteiger partial charge in [0.05, 0.1) is 31.7 Å². The Labute approximate surface area is 117 Å². The lowest BCUT2D eigenvalue weighted by atomic mass is 10.1. The molecule has 0 bridgehead atoms. The van der Waals surface area contributed by atoms with E-state index in [2.05, 4.69) is 6.07 Å². The summed E-state index contributed by atoms with van der Waals surface area (Å²) in [7, 11) is 1.56. The molecule has 0 fully saturated rings. The highest BCUT2D eigenvalue weighted by Crippen LogP contribution is 2.31. The lowest BCUT2D eigenvalue weighted by molar-refractivity contribution is 0.311. The molecule has 2 rings (SSSR count). The van der Waals surface area contributed by atoms with E-state index in [4.69, 9.17) is 14.7 Å². The average molecular weight is 272 g/mol. The van der Waals surface area contributed by atoms with E-state index in [1.54, 1.807) is 25.4 Å². The first-order chi connectivity index (χ1) is 9.71. The first kappa shape index (κ1) is 13.9. The lowest BCUT2D eigenvalue weighted by Crippen LogP contribution is -2.09. The topological polar surface area (TPSA) is 64.2 Å². The van der Waals surface area contributed by atoms with Crippen molar-refractivity contribution in [2.75, 3.05) is 13.7 Å². The zero-order valence-corrected chi connectivity index (χ0v) is 11.5. The molecule has 5 nitrogen and oxygen atoms in total.